The molecule has 2 amide bonds. The van der Waals surface area contributed by atoms with Crippen molar-refractivity contribution in [2.24, 2.45) is 4.99 Å². The number of carbonyl (C=O) groups is 1. The number of halogens is 3. The van der Waals surface area contributed by atoms with Gasteiger partial charge in [-0.1, -0.05) is 6.42 Å². The third-order valence-electron chi connectivity index (χ3n) is 3.53. The van der Waals surface area contributed by atoms with Crippen LogP contribution in [0.5, 0.6) is 0 Å². The van der Waals surface area contributed by atoms with E-state index in [1.54, 1.807) is 0 Å². The molecule has 0 aromatic heterocycles. The summed E-state index contributed by atoms with van der Waals surface area (Å²) in [7, 11) is 1.88. The third kappa shape index (κ3) is 4.47. The van der Waals surface area contributed by atoms with Crippen LogP contribution in [0.4, 0.5) is 23.7 Å². The molecule has 0 aliphatic carbocycles. The number of benzene rings is 1. The summed E-state index contributed by atoms with van der Waals surface area (Å²) in [5.74, 6) is 0.710. The van der Waals surface area contributed by atoms with Crippen LogP contribution in [0.25, 0.3) is 0 Å². The molecule has 0 saturated carbocycles. The van der Waals surface area contributed by atoms with Gasteiger partial charge in [0.05, 0.1) is 5.56 Å². The molecule has 22 heavy (non-hydrogen) atoms. The highest BCUT2D eigenvalue weighted by atomic mass is 19.4. The Morgan fingerprint density at radius 1 is 1.18 bits per heavy atom. The fourth-order valence-electron chi connectivity index (χ4n) is 2.28. The summed E-state index contributed by atoms with van der Waals surface area (Å²) in [6.45, 7) is 0.854. The summed E-state index contributed by atoms with van der Waals surface area (Å²) >= 11 is 0. The van der Waals surface area contributed by atoms with Gasteiger partial charge in [0.2, 0.25) is 0 Å². The molecule has 1 aromatic carbocycles. The molecule has 1 aromatic rings. The van der Waals surface area contributed by atoms with Crippen molar-refractivity contribution in [2.45, 2.75) is 31.9 Å². The van der Waals surface area contributed by atoms with Crippen molar-refractivity contribution in [1.82, 2.24) is 4.90 Å². The molecule has 2 rings (SSSR count). The van der Waals surface area contributed by atoms with Gasteiger partial charge >= 0.3 is 12.2 Å². The Bertz CT molecular complexity index is 552. The number of hydrogen-bond donors (Lipinski definition) is 1. The summed E-state index contributed by atoms with van der Waals surface area (Å²) in [6.07, 6.45) is -0.501. The molecular formula is C15H18F3N3O. The van der Waals surface area contributed by atoms with E-state index < -0.39 is 17.8 Å². The predicted octanol–water partition coefficient (Wildman–Crippen LogP) is 4.14. The Labute approximate surface area is 127 Å². The summed E-state index contributed by atoms with van der Waals surface area (Å²) in [5.41, 5.74) is -0.459. The molecule has 0 unspecified atom stereocenters. The largest absolute Gasteiger partial charge is 0.416 e. The number of anilines is 1. The molecule has 0 radical (unpaired) electrons. The molecule has 1 N–H and O–H groups in total. The number of nitrogens with one attached hydrogen (secondary N) is 1. The zero-order valence-electron chi connectivity index (χ0n) is 12.3. The molecule has 1 saturated heterocycles. The first-order chi connectivity index (χ1) is 10.4. The van der Waals surface area contributed by atoms with Gasteiger partial charge in [0.1, 0.15) is 5.84 Å². The highest BCUT2D eigenvalue weighted by molar-refractivity contribution is 5.99. The number of likely N-dealkylation sites (tertiary alicyclic amines) is 1. The summed E-state index contributed by atoms with van der Waals surface area (Å²) in [4.78, 5) is 17.8. The lowest BCUT2D eigenvalue weighted by Crippen LogP contribution is -2.27. The van der Waals surface area contributed by atoms with Crippen LogP contribution in [0.3, 0.4) is 0 Å². The minimum Gasteiger partial charge on any atom is -0.363 e. The Balaban J connectivity index is 2.02. The van der Waals surface area contributed by atoms with E-state index in [1.165, 1.54) is 12.1 Å². The number of amides is 2. The Morgan fingerprint density at radius 3 is 2.50 bits per heavy atom. The van der Waals surface area contributed by atoms with Gasteiger partial charge in [-0.25, -0.2) is 4.79 Å². The lowest BCUT2D eigenvalue weighted by molar-refractivity contribution is -0.137. The quantitative estimate of drug-likeness (QED) is 0.847. The zero-order chi connectivity index (χ0) is 16.2. The molecule has 4 nitrogen and oxygen atoms in total. The van der Waals surface area contributed by atoms with Gasteiger partial charge in [0, 0.05) is 25.7 Å². The van der Waals surface area contributed by atoms with E-state index >= 15 is 0 Å². The first-order valence-electron chi connectivity index (χ1n) is 7.13. The van der Waals surface area contributed by atoms with Crippen LogP contribution in [0.15, 0.2) is 29.3 Å². The van der Waals surface area contributed by atoms with Crippen LogP contribution in [0, 0.1) is 0 Å². The van der Waals surface area contributed by atoms with E-state index in [2.05, 4.69) is 10.3 Å². The number of amidine groups is 1. The number of carbonyl (C=O) groups excluding carboxylic acids is 1. The monoisotopic (exact) mass is 313 g/mol. The number of rotatable bonds is 1. The minimum absolute atomic E-state index is 0.290. The molecule has 1 heterocycles. The van der Waals surface area contributed by atoms with E-state index in [9.17, 15) is 18.0 Å². The second-order valence-electron chi connectivity index (χ2n) is 5.27. The van der Waals surface area contributed by atoms with Gasteiger partial charge < -0.3 is 10.2 Å². The van der Waals surface area contributed by atoms with Crippen molar-refractivity contribution < 1.29 is 18.0 Å². The van der Waals surface area contributed by atoms with Gasteiger partial charge in [0.25, 0.3) is 0 Å². The van der Waals surface area contributed by atoms with Crippen LogP contribution in [-0.2, 0) is 6.18 Å². The maximum atomic E-state index is 12.5. The minimum atomic E-state index is -4.38. The lowest BCUT2D eigenvalue weighted by Gasteiger charge is -2.17. The second-order valence-corrected chi connectivity index (χ2v) is 5.27. The average Bonchev–Trinajstić information content (AvgIpc) is 2.64. The number of hydrogen-bond acceptors (Lipinski definition) is 1. The molecular weight excluding hydrogens is 295 g/mol. The summed E-state index contributed by atoms with van der Waals surface area (Å²) < 4.78 is 37.4. The third-order valence-corrected chi connectivity index (χ3v) is 3.53. The maximum absolute atomic E-state index is 12.5. The van der Waals surface area contributed by atoms with Crippen LogP contribution in [-0.4, -0.2) is 30.4 Å². The van der Waals surface area contributed by atoms with Gasteiger partial charge in [0.15, 0.2) is 0 Å². The Morgan fingerprint density at radius 2 is 1.86 bits per heavy atom. The average molecular weight is 313 g/mol. The lowest BCUT2D eigenvalue weighted by atomic mass is 10.2. The molecule has 0 spiro atoms. The van der Waals surface area contributed by atoms with Crippen LogP contribution < -0.4 is 5.32 Å². The van der Waals surface area contributed by atoms with Gasteiger partial charge in [-0.2, -0.15) is 18.2 Å². The summed E-state index contributed by atoms with van der Waals surface area (Å²) in [5, 5.41) is 2.49. The smallest absolute Gasteiger partial charge is 0.363 e. The number of aliphatic imine (C=N–C) groups is 1. The van der Waals surface area contributed by atoms with Gasteiger partial charge in [-0.3, -0.25) is 0 Å². The zero-order valence-corrected chi connectivity index (χ0v) is 12.3. The molecule has 1 aliphatic rings. The standard InChI is InChI=1S/C15H18F3N3O/c1-21-10-4-2-3-5-13(21)20-14(22)19-12-8-6-11(7-9-12)15(16,17)18/h6-9H,2-5,10H2,1H3,(H,19,22)/b20-13-. The molecule has 0 bridgehead atoms. The van der Waals surface area contributed by atoms with Gasteiger partial charge in [-0.15, -0.1) is 0 Å². The van der Waals surface area contributed by atoms with E-state index in [1.807, 2.05) is 11.9 Å². The van der Waals surface area contributed by atoms with Crippen LogP contribution in [0.1, 0.15) is 31.2 Å². The molecule has 7 heteroatoms. The van der Waals surface area contributed by atoms with Crippen molar-refractivity contribution in [3.63, 3.8) is 0 Å². The van der Waals surface area contributed by atoms with E-state index in [0.29, 0.717) is 11.5 Å². The Hall–Kier alpha value is -2.05. The van der Waals surface area contributed by atoms with Crippen molar-refractivity contribution in [3.05, 3.63) is 29.8 Å². The first-order valence-corrected chi connectivity index (χ1v) is 7.13. The Kier molecular flexibility index (Phi) is 5.05. The number of urea groups is 1. The number of alkyl halides is 3. The van der Waals surface area contributed by atoms with Crippen molar-refractivity contribution in [2.75, 3.05) is 18.9 Å². The SMILES string of the molecule is CN1CCCCC/C1=N/C(=O)Nc1ccc(C(F)(F)F)cc1. The topological polar surface area (TPSA) is 44.7 Å². The van der Waals surface area contributed by atoms with Crippen molar-refractivity contribution in [3.8, 4) is 0 Å². The summed E-state index contributed by atoms with van der Waals surface area (Å²) in [6, 6.07) is 3.74. The van der Waals surface area contributed by atoms with E-state index in [0.717, 1.165) is 44.4 Å². The van der Waals surface area contributed by atoms with Crippen LogP contribution in [0.2, 0.25) is 0 Å². The normalized spacial score (nSPS) is 18.2. The van der Waals surface area contributed by atoms with Crippen molar-refractivity contribution >= 4 is 17.6 Å². The highest BCUT2D eigenvalue weighted by Crippen LogP contribution is 2.29. The first kappa shape index (κ1) is 16.3. The molecule has 0 atom stereocenters. The molecule has 1 fully saturated rings. The predicted molar refractivity (Wildman–Crippen MR) is 79.0 cm³/mol. The molecule has 1 aliphatic heterocycles. The van der Waals surface area contributed by atoms with Crippen molar-refractivity contribution in [1.29, 1.82) is 0 Å². The van der Waals surface area contributed by atoms with E-state index in [-0.39, 0.29) is 0 Å². The van der Waals surface area contributed by atoms with Gasteiger partial charge in [-0.05, 0) is 37.1 Å². The second kappa shape index (κ2) is 6.81. The fraction of sp³-hybridized carbons (Fsp3) is 0.467. The molecule has 120 valence electrons. The number of nitrogens with zero attached hydrogens (tertiary/aromatic N) is 2. The fourth-order valence-corrected chi connectivity index (χ4v) is 2.28. The van der Waals surface area contributed by atoms with Crippen LogP contribution >= 0.6 is 0 Å². The van der Waals surface area contributed by atoms with E-state index in [4.69, 9.17) is 0 Å². The highest BCUT2D eigenvalue weighted by Gasteiger charge is 2.29. The maximum Gasteiger partial charge on any atom is 0.416 e.